The van der Waals surface area contributed by atoms with Gasteiger partial charge in [-0.1, -0.05) is 5.16 Å². The zero-order valence-electron chi connectivity index (χ0n) is 8.58. The van der Waals surface area contributed by atoms with Gasteiger partial charge in [-0.15, -0.1) is 0 Å². The lowest BCUT2D eigenvalue weighted by molar-refractivity contribution is -0.125. The summed E-state index contributed by atoms with van der Waals surface area (Å²) in [4.78, 5) is 19.9. The number of hydrogen-bond acceptors (Lipinski definition) is 6. The fraction of sp³-hybridized carbons (Fsp3) is 0.100. The summed E-state index contributed by atoms with van der Waals surface area (Å²) in [5.74, 6) is 0.0674. The predicted octanol–water partition coefficient (Wildman–Crippen LogP) is 0.344. The standard InChI is InChI=1S/C10H8N4O3/c15-10-9(13-17-14-10)8-4-7(12-16-8)6-2-1-3-11-5-6/h1-5,9,13H,(H,14,15). The van der Waals surface area contributed by atoms with Crippen LogP contribution in [0, 0.1) is 0 Å². The highest BCUT2D eigenvalue weighted by atomic mass is 16.8. The fourth-order valence-corrected chi connectivity index (χ4v) is 1.51. The van der Waals surface area contributed by atoms with Crippen molar-refractivity contribution in [3.8, 4) is 11.3 Å². The molecule has 86 valence electrons. The molecule has 0 aromatic carbocycles. The van der Waals surface area contributed by atoms with Crippen LogP contribution in [0.15, 0.2) is 35.1 Å². The van der Waals surface area contributed by atoms with Crippen molar-refractivity contribution in [2.45, 2.75) is 6.04 Å². The maximum atomic E-state index is 11.3. The molecule has 0 radical (unpaired) electrons. The van der Waals surface area contributed by atoms with Gasteiger partial charge < -0.3 is 4.52 Å². The highest BCUT2D eigenvalue weighted by molar-refractivity contribution is 5.82. The smallest absolute Gasteiger partial charge is 0.272 e. The molecule has 3 heterocycles. The number of aromatic nitrogens is 2. The third-order valence-corrected chi connectivity index (χ3v) is 2.36. The number of pyridine rings is 1. The molecule has 7 heteroatoms. The summed E-state index contributed by atoms with van der Waals surface area (Å²) in [7, 11) is 0. The molecule has 17 heavy (non-hydrogen) atoms. The van der Waals surface area contributed by atoms with E-state index in [-0.39, 0.29) is 5.91 Å². The van der Waals surface area contributed by atoms with Crippen LogP contribution in [0.5, 0.6) is 0 Å². The molecule has 7 nitrogen and oxygen atoms in total. The number of hydroxylamine groups is 2. The Balaban J connectivity index is 1.91. The van der Waals surface area contributed by atoms with Crippen LogP contribution in [0.3, 0.4) is 0 Å². The van der Waals surface area contributed by atoms with Gasteiger partial charge in [0.25, 0.3) is 5.91 Å². The second-order valence-electron chi connectivity index (χ2n) is 3.48. The second kappa shape index (κ2) is 3.96. The monoisotopic (exact) mass is 232 g/mol. The molecule has 1 aliphatic rings. The predicted molar refractivity (Wildman–Crippen MR) is 54.8 cm³/mol. The van der Waals surface area contributed by atoms with Crippen molar-refractivity contribution >= 4 is 5.91 Å². The lowest BCUT2D eigenvalue weighted by Crippen LogP contribution is -2.18. The Morgan fingerprint density at radius 2 is 2.35 bits per heavy atom. The first kappa shape index (κ1) is 9.94. The Hall–Kier alpha value is -2.25. The molecule has 0 bridgehead atoms. The van der Waals surface area contributed by atoms with E-state index in [0.29, 0.717) is 11.5 Å². The van der Waals surface area contributed by atoms with Gasteiger partial charge in [0, 0.05) is 24.0 Å². The molecule has 1 amide bonds. The largest absolute Gasteiger partial charge is 0.358 e. The number of carbonyl (C=O) groups excluding carboxylic acids is 1. The van der Waals surface area contributed by atoms with Crippen molar-refractivity contribution in [1.29, 1.82) is 0 Å². The minimum absolute atomic E-state index is 0.320. The van der Waals surface area contributed by atoms with Crippen LogP contribution in [0.25, 0.3) is 11.3 Å². The molecule has 3 rings (SSSR count). The van der Waals surface area contributed by atoms with Gasteiger partial charge in [-0.2, -0.15) is 10.4 Å². The van der Waals surface area contributed by atoms with Gasteiger partial charge in [-0.25, -0.2) is 5.48 Å². The summed E-state index contributed by atoms with van der Waals surface area (Å²) in [6.07, 6.45) is 3.34. The van der Waals surface area contributed by atoms with Crippen LogP contribution in [-0.2, 0) is 9.73 Å². The highest BCUT2D eigenvalue weighted by Crippen LogP contribution is 2.23. The van der Waals surface area contributed by atoms with Gasteiger partial charge in [-0.3, -0.25) is 9.78 Å². The molecule has 1 aliphatic heterocycles. The van der Waals surface area contributed by atoms with Gasteiger partial charge >= 0.3 is 0 Å². The van der Waals surface area contributed by atoms with E-state index < -0.39 is 6.04 Å². The molecule has 1 fully saturated rings. The topological polar surface area (TPSA) is 89.3 Å². The van der Waals surface area contributed by atoms with E-state index in [2.05, 4.69) is 26.0 Å². The summed E-state index contributed by atoms with van der Waals surface area (Å²) >= 11 is 0. The summed E-state index contributed by atoms with van der Waals surface area (Å²) in [5, 5.41) is 3.87. The van der Waals surface area contributed by atoms with E-state index in [0.717, 1.165) is 5.56 Å². The molecule has 1 atom stereocenters. The zero-order chi connectivity index (χ0) is 11.7. The van der Waals surface area contributed by atoms with Gasteiger partial charge in [0.1, 0.15) is 5.69 Å². The Bertz CT molecular complexity index is 539. The van der Waals surface area contributed by atoms with Crippen LogP contribution in [0.2, 0.25) is 0 Å². The molecule has 2 aromatic heterocycles. The SMILES string of the molecule is O=C1NONC1c1cc(-c2cccnc2)no1. The zero-order valence-corrected chi connectivity index (χ0v) is 8.58. The first-order chi connectivity index (χ1) is 8.34. The van der Waals surface area contributed by atoms with Crippen molar-refractivity contribution < 1.29 is 14.3 Å². The minimum Gasteiger partial charge on any atom is -0.358 e. The van der Waals surface area contributed by atoms with Crippen LogP contribution in [0.1, 0.15) is 11.8 Å². The Kier molecular flexibility index (Phi) is 2.32. The Labute approximate surface area is 95.7 Å². The van der Waals surface area contributed by atoms with Crippen molar-refractivity contribution in [3.05, 3.63) is 36.4 Å². The fourth-order valence-electron chi connectivity index (χ4n) is 1.51. The number of carbonyl (C=O) groups is 1. The maximum absolute atomic E-state index is 11.3. The lowest BCUT2D eigenvalue weighted by atomic mass is 10.1. The number of nitrogens with one attached hydrogen (secondary N) is 2. The molecule has 0 spiro atoms. The molecule has 2 aromatic rings. The number of amides is 1. The van der Waals surface area contributed by atoms with Crippen LogP contribution in [-0.4, -0.2) is 16.0 Å². The molecule has 1 saturated heterocycles. The molecule has 0 aliphatic carbocycles. The van der Waals surface area contributed by atoms with Gasteiger partial charge in [-0.05, 0) is 12.1 Å². The summed E-state index contributed by atoms with van der Waals surface area (Å²) in [5.41, 5.74) is 6.09. The van der Waals surface area contributed by atoms with Crippen LogP contribution in [0.4, 0.5) is 0 Å². The average molecular weight is 232 g/mol. The quantitative estimate of drug-likeness (QED) is 0.776. The maximum Gasteiger partial charge on any atom is 0.272 e. The molecular weight excluding hydrogens is 224 g/mol. The van der Waals surface area contributed by atoms with Gasteiger partial charge in [0.05, 0.1) is 0 Å². The summed E-state index contributed by atoms with van der Waals surface area (Å²) in [6.45, 7) is 0. The number of hydrogen-bond donors (Lipinski definition) is 2. The Morgan fingerprint density at radius 1 is 1.41 bits per heavy atom. The van der Waals surface area contributed by atoms with E-state index in [1.807, 2.05) is 6.07 Å². The molecule has 2 N–H and O–H groups in total. The van der Waals surface area contributed by atoms with E-state index in [9.17, 15) is 4.79 Å². The molecule has 1 unspecified atom stereocenters. The Morgan fingerprint density at radius 3 is 3.06 bits per heavy atom. The van der Waals surface area contributed by atoms with Gasteiger partial charge in [0.15, 0.2) is 11.8 Å². The normalized spacial score (nSPS) is 19.3. The van der Waals surface area contributed by atoms with Crippen molar-refractivity contribution in [2.24, 2.45) is 0 Å². The highest BCUT2D eigenvalue weighted by Gasteiger charge is 2.30. The van der Waals surface area contributed by atoms with E-state index in [1.165, 1.54) is 0 Å². The van der Waals surface area contributed by atoms with Crippen molar-refractivity contribution in [1.82, 2.24) is 21.1 Å². The van der Waals surface area contributed by atoms with Crippen molar-refractivity contribution in [2.75, 3.05) is 0 Å². The van der Waals surface area contributed by atoms with Gasteiger partial charge in [0.2, 0.25) is 0 Å². The van der Waals surface area contributed by atoms with Crippen LogP contribution >= 0.6 is 0 Å². The van der Waals surface area contributed by atoms with E-state index >= 15 is 0 Å². The van der Waals surface area contributed by atoms with E-state index in [4.69, 9.17) is 4.52 Å². The number of rotatable bonds is 2. The summed E-state index contributed by atoms with van der Waals surface area (Å²) in [6, 6.07) is 4.65. The third-order valence-electron chi connectivity index (χ3n) is 2.36. The van der Waals surface area contributed by atoms with Crippen molar-refractivity contribution in [3.63, 3.8) is 0 Å². The summed E-state index contributed by atoms with van der Waals surface area (Å²) < 4.78 is 5.09. The second-order valence-corrected chi connectivity index (χ2v) is 3.48. The third kappa shape index (κ3) is 1.77. The minimum atomic E-state index is -0.673. The first-order valence-electron chi connectivity index (χ1n) is 4.93. The lowest BCUT2D eigenvalue weighted by Gasteiger charge is -1.96. The molecular formula is C10H8N4O3. The van der Waals surface area contributed by atoms with Crippen LogP contribution < -0.4 is 11.0 Å². The first-order valence-corrected chi connectivity index (χ1v) is 4.93. The van der Waals surface area contributed by atoms with E-state index in [1.54, 1.807) is 24.5 Å². The average Bonchev–Trinajstić information content (AvgIpc) is 2.98. The molecule has 0 saturated carbocycles. The number of nitrogens with zero attached hydrogens (tertiary/aromatic N) is 2.